The van der Waals surface area contributed by atoms with E-state index in [0.717, 1.165) is 4.90 Å². The molecule has 364 valence electrons. The molecule has 0 aliphatic rings. The van der Waals surface area contributed by atoms with E-state index in [9.17, 15) is 43.8 Å². The van der Waals surface area contributed by atoms with Crippen LogP contribution >= 0.6 is 0 Å². The molecule has 0 rings (SSSR count). The minimum Gasteiger partial charge on any atom is -0.480 e. The molecule has 0 aromatic rings. The number of aliphatic hydroxyl groups is 1. The minimum atomic E-state index is -1.45. The van der Waals surface area contributed by atoms with Crippen LogP contribution in [0.3, 0.4) is 0 Å². The van der Waals surface area contributed by atoms with Gasteiger partial charge < -0.3 is 69.7 Å². The van der Waals surface area contributed by atoms with Crippen molar-refractivity contribution < 1.29 is 72.2 Å². The van der Waals surface area contributed by atoms with Crippen molar-refractivity contribution in [3.05, 3.63) is 0 Å². The van der Waals surface area contributed by atoms with Gasteiger partial charge in [-0.25, -0.2) is 33.6 Å². The van der Waals surface area contributed by atoms with E-state index in [1.54, 1.807) is 125 Å². The van der Waals surface area contributed by atoms with Crippen LogP contribution in [0.2, 0.25) is 0 Å². The molecule has 6 N–H and O–H groups in total. The number of nitrogens with zero attached hydrogens (tertiary/aromatic N) is 2. The number of ether oxygens (including phenoxy) is 6. The molecule has 0 spiro atoms. The summed E-state index contributed by atoms with van der Waals surface area (Å²) in [5.74, 6) is -1.36. The maximum Gasteiger partial charge on any atom is 0.410 e. The molecule has 2 unspecified atom stereocenters. The number of hydrogen-bond acceptors (Lipinski definition) is 14. The first-order valence-corrected chi connectivity index (χ1v) is 19.9. The standard InChI is InChI=1S/C20H37N3O8.C20H39N3O7.CH4/c1-18(2,3)29-15(26)21-10-11-23(17(28)31-20(7,8)9)12-13(14(24)25)22-16(27)30-19(4,5)6;1-18(2,3)28-15(25)21-10-11-23(17(27)30-20(7,8)9)12-14(13-24)22-16(26)29-19(4,5)6;/h13H,10-12H2,1-9H3,(H,21,26)(H,22,27)(H,24,25);14,24H,10-13H2,1-9H3,(H,21,25)(H,22,26);1H4. The van der Waals surface area contributed by atoms with Crippen LogP contribution in [0.15, 0.2) is 0 Å². The van der Waals surface area contributed by atoms with Gasteiger partial charge in [0.2, 0.25) is 0 Å². The van der Waals surface area contributed by atoms with E-state index in [4.69, 9.17) is 28.4 Å². The van der Waals surface area contributed by atoms with Gasteiger partial charge in [0.05, 0.1) is 19.2 Å². The second-order valence-electron chi connectivity index (χ2n) is 19.8. The predicted octanol–water partition coefficient (Wildman–Crippen LogP) is 6.00. The fraction of sp³-hybridized carbons (Fsp3) is 0.829. The van der Waals surface area contributed by atoms with Gasteiger partial charge >= 0.3 is 42.5 Å². The van der Waals surface area contributed by atoms with Gasteiger partial charge in [-0.15, -0.1) is 0 Å². The number of aliphatic carboxylic acids is 1. The number of carbonyl (C=O) groups is 7. The number of alkyl carbamates (subject to hydrolysis) is 4. The molecule has 0 saturated heterocycles. The van der Waals surface area contributed by atoms with Crippen molar-refractivity contribution in [1.82, 2.24) is 31.1 Å². The van der Waals surface area contributed by atoms with Crippen LogP contribution in [0.5, 0.6) is 0 Å². The first-order valence-electron chi connectivity index (χ1n) is 19.9. The maximum atomic E-state index is 12.6. The molecule has 21 heteroatoms. The van der Waals surface area contributed by atoms with E-state index < -0.39 is 101 Å². The topological polar surface area (TPSA) is 270 Å². The number of carboxylic acids is 1. The number of aliphatic hydroxyl groups excluding tert-OH is 1. The average molecular weight is 897 g/mol. The lowest BCUT2D eigenvalue weighted by Crippen LogP contribution is -2.53. The number of hydrogen-bond donors (Lipinski definition) is 6. The lowest BCUT2D eigenvalue weighted by molar-refractivity contribution is -0.139. The molecular formula is C41H80N6O15. The minimum absolute atomic E-state index is 0. The molecule has 0 bridgehead atoms. The van der Waals surface area contributed by atoms with Crippen molar-refractivity contribution in [3.8, 4) is 0 Å². The quantitative estimate of drug-likeness (QED) is 0.109. The first kappa shape index (κ1) is 61.4. The maximum absolute atomic E-state index is 12.6. The van der Waals surface area contributed by atoms with Crippen LogP contribution in [0.25, 0.3) is 0 Å². The lowest BCUT2D eigenvalue weighted by atomic mass is 10.2. The molecule has 0 aliphatic heterocycles. The monoisotopic (exact) mass is 897 g/mol. The normalized spacial score (nSPS) is 12.8. The van der Waals surface area contributed by atoms with Gasteiger partial charge in [0.15, 0.2) is 0 Å². The van der Waals surface area contributed by atoms with Crippen molar-refractivity contribution in [2.45, 2.75) is 178 Å². The van der Waals surface area contributed by atoms with E-state index in [-0.39, 0.29) is 40.2 Å². The molecule has 21 nitrogen and oxygen atoms in total. The van der Waals surface area contributed by atoms with Crippen LogP contribution in [0.4, 0.5) is 28.8 Å². The third-order valence-corrected chi connectivity index (χ3v) is 6.18. The van der Waals surface area contributed by atoms with Crippen LogP contribution in [-0.2, 0) is 33.2 Å². The van der Waals surface area contributed by atoms with Crippen LogP contribution in [0, 0.1) is 0 Å². The summed E-state index contributed by atoms with van der Waals surface area (Å²) in [6, 6.07) is -2.24. The summed E-state index contributed by atoms with van der Waals surface area (Å²) in [5, 5.41) is 28.9. The van der Waals surface area contributed by atoms with Crippen molar-refractivity contribution in [1.29, 1.82) is 0 Å². The molecular weight excluding hydrogens is 816 g/mol. The molecule has 0 aromatic heterocycles. The first-order chi connectivity index (χ1) is 27.2. The summed E-state index contributed by atoms with van der Waals surface area (Å²) in [5.41, 5.74) is -4.43. The molecule has 6 amide bonds. The van der Waals surface area contributed by atoms with Gasteiger partial charge in [-0.05, 0) is 125 Å². The molecule has 62 heavy (non-hydrogen) atoms. The summed E-state index contributed by atoms with van der Waals surface area (Å²) in [4.78, 5) is 86.7. The zero-order valence-corrected chi connectivity index (χ0v) is 39.7. The number of carbonyl (C=O) groups excluding carboxylic acids is 6. The smallest absolute Gasteiger partial charge is 0.410 e. The number of carboxylic acid groups (broad SMARTS) is 1. The van der Waals surface area contributed by atoms with E-state index in [1.165, 1.54) is 4.90 Å². The Hall–Kier alpha value is -4.95. The van der Waals surface area contributed by atoms with Gasteiger partial charge in [-0.3, -0.25) is 0 Å². The Morgan fingerprint density at radius 2 is 0.758 bits per heavy atom. The summed E-state index contributed by atoms with van der Waals surface area (Å²) in [6.45, 7) is 29.8. The largest absolute Gasteiger partial charge is 0.480 e. The fourth-order valence-corrected chi connectivity index (χ4v) is 4.13. The van der Waals surface area contributed by atoms with E-state index >= 15 is 0 Å². The van der Waals surface area contributed by atoms with Crippen molar-refractivity contribution in [2.24, 2.45) is 0 Å². The van der Waals surface area contributed by atoms with Gasteiger partial charge in [0.25, 0.3) is 0 Å². The molecule has 0 saturated carbocycles. The molecule has 0 radical (unpaired) electrons. The highest BCUT2D eigenvalue weighted by atomic mass is 16.6. The summed E-state index contributed by atoms with van der Waals surface area (Å²) < 4.78 is 31.2. The second-order valence-corrected chi connectivity index (χ2v) is 19.8. The van der Waals surface area contributed by atoms with E-state index in [2.05, 4.69) is 21.3 Å². The molecule has 2 atom stereocenters. The molecule has 0 fully saturated rings. The Bertz CT molecular complexity index is 1430. The Kier molecular flexibility index (Phi) is 25.6. The number of nitrogens with one attached hydrogen (secondary N) is 4. The van der Waals surface area contributed by atoms with Crippen molar-refractivity contribution in [3.63, 3.8) is 0 Å². The van der Waals surface area contributed by atoms with Crippen LogP contribution in [-0.4, -0.2) is 154 Å². The van der Waals surface area contributed by atoms with Crippen LogP contribution < -0.4 is 21.3 Å². The predicted molar refractivity (Wildman–Crippen MR) is 232 cm³/mol. The lowest BCUT2D eigenvalue weighted by Gasteiger charge is -2.30. The summed E-state index contributed by atoms with van der Waals surface area (Å²) in [6.07, 6.45) is -4.38. The van der Waals surface area contributed by atoms with E-state index in [0.29, 0.717) is 0 Å². The highest BCUT2D eigenvalue weighted by Gasteiger charge is 2.31. The Balaban J connectivity index is -0.00000111. The van der Waals surface area contributed by atoms with Gasteiger partial charge in [0, 0.05) is 32.7 Å². The molecule has 0 aromatic carbocycles. The third kappa shape index (κ3) is 35.8. The highest BCUT2D eigenvalue weighted by molar-refractivity contribution is 5.81. The van der Waals surface area contributed by atoms with Gasteiger partial charge in [-0.1, -0.05) is 7.43 Å². The van der Waals surface area contributed by atoms with Gasteiger partial charge in [-0.2, -0.15) is 0 Å². The Morgan fingerprint density at radius 1 is 0.468 bits per heavy atom. The van der Waals surface area contributed by atoms with Gasteiger partial charge in [0.1, 0.15) is 39.6 Å². The second kappa shape index (κ2) is 25.9. The number of rotatable bonds is 14. The summed E-state index contributed by atoms with van der Waals surface area (Å²) >= 11 is 0. The Labute approximate surface area is 368 Å². The highest BCUT2D eigenvalue weighted by Crippen LogP contribution is 2.14. The van der Waals surface area contributed by atoms with Crippen LogP contribution in [0.1, 0.15) is 132 Å². The van der Waals surface area contributed by atoms with E-state index in [1.807, 2.05) is 0 Å². The SMILES string of the molecule is C.CC(C)(C)OC(=O)NCCN(CC(CO)NC(=O)OC(C)(C)C)C(=O)OC(C)(C)C.CC(C)(C)OC(=O)NCCN(CC(NC(=O)OC(C)(C)C)C(=O)O)C(=O)OC(C)(C)C. The summed E-state index contributed by atoms with van der Waals surface area (Å²) in [7, 11) is 0. The fourth-order valence-electron chi connectivity index (χ4n) is 4.13. The third-order valence-electron chi connectivity index (χ3n) is 6.18. The van der Waals surface area contributed by atoms with Crippen molar-refractivity contribution >= 4 is 42.5 Å². The Morgan fingerprint density at radius 3 is 1.05 bits per heavy atom. The zero-order valence-electron chi connectivity index (χ0n) is 39.7. The molecule has 0 aliphatic carbocycles. The van der Waals surface area contributed by atoms with Crippen molar-refractivity contribution in [2.75, 3.05) is 45.9 Å². The average Bonchev–Trinajstić information content (AvgIpc) is 2.97. The molecule has 0 heterocycles. The number of amides is 6. The zero-order chi connectivity index (χ0) is 48.4.